The van der Waals surface area contributed by atoms with Gasteiger partial charge in [0.25, 0.3) is 0 Å². The van der Waals surface area contributed by atoms with E-state index in [0.717, 1.165) is 70.6 Å². The number of unbranched alkanes of at least 4 members (excludes halogenated alkanes) is 19. The fourth-order valence-corrected chi connectivity index (χ4v) is 6.04. The Morgan fingerprint density at radius 1 is 0.714 bits per heavy atom. The summed E-state index contributed by atoms with van der Waals surface area (Å²) in [7, 11) is -4.30. The minimum atomic E-state index is -4.30. The molecule has 288 valence electrons. The molecule has 0 amide bonds. The molecular formula is C39H74NO8P. The van der Waals surface area contributed by atoms with Crippen LogP contribution in [0.25, 0.3) is 0 Å². The SMILES string of the molecule is CCCCCCCCCCCCCCC=COCC(COP(=O)(O)OCCN)OC(=O)CCCCCCCC=CC=CC(O)CCCCC. The first-order valence-corrected chi connectivity index (χ1v) is 21.1. The smallest absolute Gasteiger partial charge is 0.472 e. The van der Waals surface area contributed by atoms with Gasteiger partial charge in [0, 0.05) is 13.0 Å². The molecule has 0 spiro atoms. The number of nitrogens with two attached hydrogens (primary N) is 1. The van der Waals surface area contributed by atoms with E-state index in [1.807, 2.05) is 24.3 Å². The molecular weight excluding hydrogens is 641 g/mol. The molecule has 10 heteroatoms. The molecule has 0 aliphatic carbocycles. The van der Waals surface area contributed by atoms with E-state index < -0.39 is 13.9 Å². The maximum Gasteiger partial charge on any atom is 0.472 e. The zero-order chi connectivity index (χ0) is 36.1. The monoisotopic (exact) mass is 716 g/mol. The number of allylic oxidation sites excluding steroid dienone is 4. The van der Waals surface area contributed by atoms with Crippen molar-refractivity contribution in [3.8, 4) is 0 Å². The summed E-state index contributed by atoms with van der Waals surface area (Å²) in [6, 6.07) is 0. The highest BCUT2D eigenvalue weighted by Gasteiger charge is 2.25. The van der Waals surface area contributed by atoms with Crippen LogP contribution >= 0.6 is 7.82 Å². The van der Waals surface area contributed by atoms with Gasteiger partial charge in [-0.25, -0.2) is 4.57 Å². The number of phosphoric ester groups is 1. The molecule has 0 rings (SSSR count). The van der Waals surface area contributed by atoms with Crippen molar-refractivity contribution in [3.05, 3.63) is 36.6 Å². The highest BCUT2D eigenvalue weighted by Crippen LogP contribution is 2.43. The second-order valence-corrected chi connectivity index (χ2v) is 14.5. The Kier molecular flexibility index (Phi) is 35.2. The molecule has 0 bridgehead atoms. The summed E-state index contributed by atoms with van der Waals surface area (Å²) in [4.78, 5) is 22.4. The molecule has 0 aromatic carbocycles. The maximum absolute atomic E-state index is 12.5. The predicted molar refractivity (Wildman–Crippen MR) is 202 cm³/mol. The van der Waals surface area contributed by atoms with E-state index in [-0.39, 0.29) is 44.9 Å². The second-order valence-electron chi connectivity index (χ2n) is 13.1. The number of hydrogen-bond donors (Lipinski definition) is 3. The van der Waals surface area contributed by atoms with Gasteiger partial charge in [0.05, 0.1) is 25.6 Å². The van der Waals surface area contributed by atoms with Crippen LogP contribution in [-0.4, -0.2) is 54.5 Å². The van der Waals surface area contributed by atoms with Crippen molar-refractivity contribution < 1.29 is 37.9 Å². The zero-order valence-electron chi connectivity index (χ0n) is 31.3. The van der Waals surface area contributed by atoms with Crippen LogP contribution in [-0.2, 0) is 27.9 Å². The Labute approximate surface area is 300 Å². The van der Waals surface area contributed by atoms with E-state index in [9.17, 15) is 19.4 Å². The number of ether oxygens (including phenoxy) is 2. The molecule has 0 aromatic rings. The summed E-state index contributed by atoms with van der Waals surface area (Å²) in [5.41, 5.74) is 5.34. The topological polar surface area (TPSA) is 138 Å². The van der Waals surface area contributed by atoms with Gasteiger partial charge >= 0.3 is 13.8 Å². The molecule has 0 saturated heterocycles. The Morgan fingerprint density at radius 3 is 1.88 bits per heavy atom. The van der Waals surface area contributed by atoms with E-state index in [4.69, 9.17) is 24.3 Å². The second kappa shape index (κ2) is 36.3. The summed E-state index contributed by atoms with van der Waals surface area (Å²) in [6.45, 7) is 4.07. The van der Waals surface area contributed by atoms with Gasteiger partial charge in [-0.15, -0.1) is 0 Å². The van der Waals surface area contributed by atoms with Crippen molar-refractivity contribution in [2.45, 2.75) is 180 Å². The van der Waals surface area contributed by atoms with Crippen LogP contribution < -0.4 is 5.73 Å². The van der Waals surface area contributed by atoms with Gasteiger partial charge in [-0.2, -0.15) is 0 Å². The fraction of sp³-hybridized carbons (Fsp3) is 0.821. The molecule has 0 radical (unpaired) electrons. The highest BCUT2D eigenvalue weighted by molar-refractivity contribution is 7.47. The van der Waals surface area contributed by atoms with Crippen molar-refractivity contribution in [1.82, 2.24) is 0 Å². The normalized spacial score (nSPS) is 14.6. The molecule has 9 nitrogen and oxygen atoms in total. The first-order valence-electron chi connectivity index (χ1n) is 19.6. The van der Waals surface area contributed by atoms with Crippen LogP contribution in [0.2, 0.25) is 0 Å². The number of rotatable bonds is 37. The van der Waals surface area contributed by atoms with Crippen LogP contribution in [0.5, 0.6) is 0 Å². The van der Waals surface area contributed by atoms with Crippen molar-refractivity contribution in [2.24, 2.45) is 5.73 Å². The van der Waals surface area contributed by atoms with E-state index in [1.54, 1.807) is 6.26 Å². The lowest BCUT2D eigenvalue weighted by molar-refractivity contribution is -0.153. The van der Waals surface area contributed by atoms with Crippen LogP contribution in [0.15, 0.2) is 36.6 Å². The van der Waals surface area contributed by atoms with Crippen molar-refractivity contribution in [1.29, 1.82) is 0 Å². The van der Waals surface area contributed by atoms with E-state index in [2.05, 4.69) is 19.9 Å². The quantitative estimate of drug-likeness (QED) is 0.0189. The van der Waals surface area contributed by atoms with Gasteiger partial charge in [0.2, 0.25) is 0 Å². The molecule has 3 atom stereocenters. The van der Waals surface area contributed by atoms with Crippen molar-refractivity contribution in [3.63, 3.8) is 0 Å². The summed E-state index contributed by atoms with van der Waals surface area (Å²) in [5.74, 6) is -0.389. The van der Waals surface area contributed by atoms with Gasteiger partial charge in [-0.1, -0.05) is 147 Å². The predicted octanol–water partition coefficient (Wildman–Crippen LogP) is 10.4. The standard InChI is InChI=1S/C39H74NO8P/c1-3-5-7-8-9-10-11-12-13-14-18-21-24-28-33-45-35-38(36-47-49(43,44)46-34-32-40)48-39(42)31-27-23-20-17-15-16-19-22-26-30-37(41)29-25-6-4-2/h19,22,26,28,30,33,37-38,41H,3-18,20-21,23-25,27,29,31-32,34-36,40H2,1-2H3,(H,43,44). The minimum Gasteiger partial charge on any atom is -0.498 e. The number of carbonyl (C=O) groups is 1. The molecule has 0 aliphatic rings. The van der Waals surface area contributed by atoms with Gasteiger partial charge < -0.3 is 25.2 Å². The number of carbonyl (C=O) groups excluding carboxylic acids is 1. The first kappa shape index (κ1) is 47.5. The lowest BCUT2D eigenvalue weighted by Crippen LogP contribution is -2.27. The van der Waals surface area contributed by atoms with Crippen LogP contribution in [0, 0.1) is 0 Å². The lowest BCUT2D eigenvalue weighted by atomic mass is 10.0. The molecule has 0 aliphatic heterocycles. The average Bonchev–Trinajstić information content (AvgIpc) is 3.08. The summed E-state index contributed by atoms with van der Waals surface area (Å²) in [6.07, 6.45) is 37.1. The minimum absolute atomic E-state index is 0.0120. The van der Waals surface area contributed by atoms with Gasteiger partial charge in [-0.3, -0.25) is 13.8 Å². The molecule has 0 fully saturated rings. The summed E-state index contributed by atoms with van der Waals surface area (Å²) >= 11 is 0. The Morgan fingerprint density at radius 2 is 1.27 bits per heavy atom. The van der Waals surface area contributed by atoms with Gasteiger partial charge in [0.1, 0.15) is 6.61 Å². The van der Waals surface area contributed by atoms with E-state index in [0.29, 0.717) is 6.42 Å². The maximum atomic E-state index is 12.5. The third-order valence-corrected chi connectivity index (χ3v) is 9.21. The molecule has 49 heavy (non-hydrogen) atoms. The third-order valence-electron chi connectivity index (χ3n) is 8.23. The van der Waals surface area contributed by atoms with Crippen molar-refractivity contribution in [2.75, 3.05) is 26.4 Å². The summed E-state index contributed by atoms with van der Waals surface area (Å²) in [5, 5.41) is 9.90. The molecule has 0 aromatic heterocycles. The van der Waals surface area contributed by atoms with Crippen molar-refractivity contribution >= 4 is 13.8 Å². The van der Waals surface area contributed by atoms with Crippen LogP contribution in [0.3, 0.4) is 0 Å². The van der Waals surface area contributed by atoms with Crippen LogP contribution in [0.4, 0.5) is 0 Å². The largest absolute Gasteiger partial charge is 0.498 e. The fourth-order valence-electron chi connectivity index (χ4n) is 5.27. The molecule has 3 unspecified atom stereocenters. The van der Waals surface area contributed by atoms with E-state index >= 15 is 0 Å². The van der Waals surface area contributed by atoms with Gasteiger partial charge in [-0.05, 0) is 44.6 Å². The number of phosphoric acid groups is 1. The summed E-state index contributed by atoms with van der Waals surface area (Å²) < 4.78 is 33.0. The Balaban J connectivity index is 4.21. The average molecular weight is 716 g/mol. The van der Waals surface area contributed by atoms with E-state index in [1.165, 1.54) is 70.6 Å². The lowest BCUT2D eigenvalue weighted by Gasteiger charge is -2.19. The third kappa shape index (κ3) is 36.1. The number of esters is 1. The number of hydrogen-bond acceptors (Lipinski definition) is 8. The molecule has 0 saturated carbocycles. The Hall–Kier alpha value is -1.48. The highest BCUT2D eigenvalue weighted by atomic mass is 31.2. The van der Waals surface area contributed by atoms with Gasteiger partial charge in [0.15, 0.2) is 6.10 Å². The first-order chi connectivity index (χ1) is 23.8. The Bertz CT molecular complexity index is 866. The number of aliphatic hydroxyl groups excluding tert-OH is 1. The zero-order valence-corrected chi connectivity index (χ0v) is 32.2. The van der Waals surface area contributed by atoms with Crippen LogP contribution in [0.1, 0.15) is 168 Å². The number of aliphatic hydroxyl groups is 1. The molecule has 4 N–H and O–H groups in total. The molecule has 0 heterocycles.